The van der Waals surface area contributed by atoms with Crippen LogP contribution in [0, 0.1) is 0 Å². The largest absolute Gasteiger partial charge is 0.480 e. The molecule has 4 N–H and O–H groups in total. The van der Waals surface area contributed by atoms with Crippen molar-refractivity contribution >= 4 is 17.8 Å². The molecule has 7 nitrogen and oxygen atoms in total. The molecule has 0 saturated heterocycles. The number of hydrogen-bond acceptors (Lipinski definition) is 5. The van der Waals surface area contributed by atoms with Crippen LogP contribution in [0.3, 0.4) is 0 Å². The number of primary amides is 1. The smallest absolute Gasteiger partial charge is 0.321 e. The topological polar surface area (TPSA) is 119 Å². The molecule has 0 fully saturated rings. The van der Waals surface area contributed by atoms with Crippen LogP contribution in [0.15, 0.2) is 0 Å². The summed E-state index contributed by atoms with van der Waals surface area (Å²) in [7, 11) is 1.17. The first-order valence-corrected chi connectivity index (χ1v) is 3.78. The van der Waals surface area contributed by atoms with Crippen LogP contribution in [-0.2, 0) is 19.1 Å². The fourth-order valence-electron chi connectivity index (χ4n) is 0.727. The monoisotopic (exact) mass is 204 g/mol. The number of aliphatic carboxylic acids is 1. The Labute approximate surface area is 80.2 Å². The Kier molecular flexibility index (Phi) is 5.23. The summed E-state index contributed by atoms with van der Waals surface area (Å²) in [5, 5.41) is 10.9. The van der Waals surface area contributed by atoms with Gasteiger partial charge in [-0.1, -0.05) is 0 Å². The van der Waals surface area contributed by atoms with Crippen molar-refractivity contribution in [2.45, 2.75) is 12.5 Å². The lowest BCUT2D eigenvalue weighted by Crippen LogP contribution is -2.42. The van der Waals surface area contributed by atoms with Gasteiger partial charge in [-0.05, 0) is 0 Å². The van der Waals surface area contributed by atoms with Gasteiger partial charge in [-0.25, -0.2) is 0 Å². The van der Waals surface area contributed by atoms with E-state index >= 15 is 0 Å². The van der Waals surface area contributed by atoms with Crippen LogP contribution in [0.25, 0.3) is 0 Å². The van der Waals surface area contributed by atoms with E-state index in [0.717, 1.165) is 0 Å². The molecule has 0 heterocycles. The van der Waals surface area contributed by atoms with Crippen molar-refractivity contribution in [3.05, 3.63) is 0 Å². The second-order valence-corrected chi connectivity index (χ2v) is 2.52. The van der Waals surface area contributed by atoms with Gasteiger partial charge in [0, 0.05) is 0 Å². The molecule has 0 aromatic heterocycles. The molecular formula is C7H12N2O5. The van der Waals surface area contributed by atoms with E-state index in [1.54, 1.807) is 0 Å². The van der Waals surface area contributed by atoms with E-state index in [4.69, 9.17) is 10.8 Å². The minimum absolute atomic E-state index is 0.277. The molecule has 0 radical (unpaired) electrons. The fourth-order valence-corrected chi connectivity index (χ4v) is 0.727. The minimum atomic E-state index is -1.24. The normalized spacial score (nSPS) is 11.8. The molecule has 0 aliphatic carbocycles. The Morgan fingerprint density at radius 3 is 2.43 bits per heavy atom. The van der Waals surface area contributed by atoms with Crippen molar-refractivity contribution in [3.63, 3.8) is 0 Å². The van der Waals surface area contributed by atoms with Gasteiger partial charge < -0.3 is 15.6 Å². The number of esters is 1. The molecule has 0 aromatic carbocycles. The molecule has 1 amide bonds. The SMILES string of the molecule is COC(=O)CN[C@@H](CC(N)=O)C(=O)O. The average Bonchev–Trinajstić information content (AvgIpc) is 2.10. The van der Waals surface area contributed by atoms with Crippen LogP contribution >= 0.6 is 0 Å². The molecule has 0 spiro atoms. The number of ether oxygens (including phenoxy) is 1. The van der Waals surface area contributed by atoms with Gasteiger partial charge in [0.2, 0.25) is 5.91 Å². The number of methoxy groups -OCH3 is 1. The molecule has 14 heavy (non-hydrogen) atoms. The van der Waals surface area contributed by atoms with Crippen LogP contribution in [0.4, 0.5) is 0 Å². The lowest BCUT2D eigenvalue weighted by molar-refractivity contribution is -0.143. The number of rotatable bonds is 6. The Balaban J connectivity index is 4.04. The molecule has 0 bridgehead atoms. The maximum absolute atomic E-state index is 10.6. The number of nitrogens with two attached hydrogens (primary N) is 1. The number of nitrogens with one attached hydrogen (secondary N) is 1. The minimum Gasteiger partial charge on any atom is -0.480 e. The average molecular weight is 204 g/mol. The third-order valence-corrected chi connectivity index (χ3v) is 1.42. The molecule has 0 unspecified atom stereocenters. The van der Waals surface area contributed by atoms with Gasteiger partial charge >= 0.3 is 11.9 Å². The maximum Gasteiger partial charge on any atom is 0.321 e. The third kappa shape index (κ3) is 5.09. The Hall–Kier alpha value is -1.63. The van der Waals surface area contributed by atoms with E-state index in [9.17, 15) is 14.4 Å². The van der Waals surface area contributed by atoms with Crippen molar-refractivity contribution in [2.24, 2.45) is 5.73 Å². The Morgan fingerprint density at radius 2 is 2.07 bits per heavy atom. The number of carbonyl (C=O) groups excluding carboxylic acids is 2. The molecule has 0 aromatic rings. The summed E-state index contributed by atoms with van der Waals surface area (Å²) in [4.78, 5) is 31.6. The van der Waals surface area contributed by atoms with Gasteiger partial charge in [0.1, 0.15) is 6.04 Å². The van der Waals surface area contributed by atoms with Crippen molar-refractivity contribution in [1.29, 1.82) is 0 Å². The summed E-state index contributed by atoms with van der Waals surface area (Å²) in [6, 6.07) is -1.16. The fraction of sp³-hybridized carbons (Fsp3) is 0.571. The predicted molar refractivity (Wildman–Crippen MR) is 45.3 cm³/mol. The lowest BCUT2D eigenvalue weighted by Gasteiger charge is -2.10. The van der Waals surface area contributed by atoms with Gasteiger partial charge in [-0.3, -0.25) is 19.7 Å². The second kappa shape index (κ2) is 5.92. The number of carbonyl (C=O) groups is 3. The zero-order valence-corrected chi connectivity index (χ0v) is 7.65. The number of carboxylic acids is 1. The van der Waals surface area contributed by atoms with E-state index in [1.807, 2.05) is 0 Å². The summed E-state index contributed by atoms with van der Waals surface area (Å²) in [5.74, 6) is -2.61. The van der Waals surface area contributed by atoms with Crippen LogP contribution in [0.5, 0.6) is 0 Å². The number of hydrogen-bond donors (Lipinski definition) is 3. The molecule has 0 saturated carbocycles. The molecule has 80 valence electrons. The standard InChI is InChI=1S/C7H12N2O5/c1-14-6(11)3-9-4(7(12)13)2-5(8)10/h4,9H,2-3H2,1H3,(H2,8,10)(H,12,13)/t4-/m0/s1. The molecule has 0 aliphatic heterocycles. The Bertz CT molecular complexity index is 240. The zero-order chi connectivity index (χ0) is 11.1. The predicted octanol–water partition coefficient (Wildman–Crippen LogP) is -1.92. The highest BCUT2D eigenvalue weighted by atomic mass is 16.5. The van der Waals surface area contributed by atoms with E-state index < -0.39 is 23.9 Å². The van der Waals surface area contributed by atoms with Gasteiger partial charge in [0.25, 0.3) is 0 Å². The van der Waals surface area contributed by atoms with Crippen LogP contribution in [-0.4, -0.2) is 42.6 Å². The highest BCUT2D eigenvalue weighted by Crippen LogP contribution is 1.91. The highest BCUT2D eigenvalue weighted by Gasteiger charge is 2.20. The molecule has 1 atom stereocenters. The van der Waals surface area contributed by atoms with Gasteiger partial charge in [0.15, 0.2) is 0 Å². The summed E-state index contributed by atoms with van der Waals surface area (Å²) in [6.45, 7) is -0.277. The summed E-state index contributed by atoms with van der Waals surface area (Å²) < 4.78 is 4.27. The van der Waals surface area contributed by atoms with Gasteiger partial charge in [-0.15, -0.1) is 0 Å². The van der Waals surface area contributed by atoms with Gasteiger partial charge in [-0.2, -0.15) is 0 Å². The van der Waals surface area contributed by atoms with E-state index in [0.29, 0.717) is 0 Å². The molecular weight excluding hydrogens is 192 g/mol. The zero-order valence-electron chi connectivity index (χ0n) is 7.65. The van der Waals surface area contributed by atoms with Gasteiger partial charge in [0.05, 0.1) is 20.1 Å². The van der Waals surface area contributed by atoms with Crippen LogP contribution < -0.4 is 11.1 Å². The number of carboxylic acid groups (broad SMARTS) is 1. The van der Waals surface area contributed by atoms with Crippen molar-refractivity contribution in [1.82, 2.24) is 5.32 Å². The maximum atomic E-state index is 10.6. The number of amides is 1. The third-order valence-electron chi connectivity index (χ3n) is 1.42. The molecule has 7 heteroatoms. The molecule has 0 rings (SSSR count). The van der Waals surface area contributed by atoms with Crippen LogP contribution in [0.2, 0.25) is 0 Å². The van der Waals surface area contributed by atoms with Crippen LogP contribution in [0.1, 0.15) is 6.42 Å². The first kappa shape index (κ1) is 12.4. The van der Waals surface area contributed by atoms with Crippen molar-refractivity contribution in [2.75, 3.05) is 13.7 Å². The Morgan fingerprint density at radius 1 is 1.50 bits per heavy atom. The van der Waals surface area contributed by atoms with Crippen molar-refractivity contribution < 1.29 is 24.2 Å². The first-order valence-electron chi connectivity index (χ1n) is 3.78. The lowest BCUT2D eigenvalue weighted by atomic mass is 10.2. The van der Waals surface area contributed by atoms with E-state index in [2.05, 4.69) is 10.1 Å². The van der Waals surface area contributed by atoms with Crippen molar-refractivity contribution in [3.8, 4) is 0 Å². The molecule has 0 aliphatic rings. The summed E-state index contributed by atoms with van der Waals surface area (Å²) in [6.07, 6.45) is -0.369. The van der Waals surface area contributed by atoms with E-state index in [1.165, 1.54) is 7.11 Å². The summed E-state index contributed by atoms with van der Waals surface area (Å²) in [5.41, 5.74) is 4.81. The highest BCUT2D eigenvalue weighted by molar-refractivity contribution is 5.84. The second-order valence-electron chi connectivity index (χ2n) is 2.52. The van der Waals surface area contributed by atoms with E-state index in [-0.39, 0.29) is 13.0 Å². The quantitative estimate of drug-likeness (QED) is 0.434. The summed E-state index contributed by atoms with van der Waals surface area (Å²) >= 11 is 0. The first-order chi connectivity index (χ1) is 6.47.